The maximum atomic E-state index is 12.6. The number of amides is 1. The third-order valence-corrected chi connectivity index (χ3v) is 5.97. The molecular weight excluding hydrogens is 478 g/mol. The molecule has 0 aliphatic carbocycles. The van der Waals surface area contributed by atoms with Crippen molar-refractivity contribution in [3.63, 3.8) is 0 Å². The van der Waals surface area contributed by atoms with Crippen LogP contribution in [0, 0.1) is 13.8 Å². The first-order valence-corrected chi connectivity index (χ1v) is 11.7. The number of aryl methyl sites for hydroxylation is 2. The Bertz CT molecular complexity index is 1320. The summed E-state index contributed by atoms with van der Waals surface area (Å²) >= 11 is 5.15. The molecule has 0 saturated carbocycles. The van der Waals surface area contributed by atoms with Crippen LogP contribution in [0.15, 0.2) is 59.5 Å². The van der Waals surface area contributed by atoms with Gasteiger partial charge in [-0.3, -0.25) is 10.1 Å². The van der Waals surface area contributed by atoms with Gasteiger partial charge < -0.3 is 10.1 Å². The number of aromatic nitrogens is 2. The largest absolute Gasteiger partial charge is 0.465 e. The number of benzene rings is 2. The number of methoxy groups -OCH3 is 1. The summed E-state index contributed by atoms with van der Waals surface area (Å²) in [4.78, 5) is 32.0. The Morgan fingerprint density at radius 2 is 1.47 bits per heavy atom. The minimum Gasteiger partial charge on any atom is -0.465 e. The van der Waals surface area contributed by atoms with Gasteiger partial charge in [0.05, 0.1) is 17.6 Å². The van der Waals surface area contributed by atoms with Crippen LogP contribution in [-0.4, -0.2) is 42.5 Å². The second-order valence-corrected chi connectivity index (χ2v) is 9.17. The number of nitrogens with one attached hydrogen (secondary N) is 3. The fraction of sp³-hybridized carbons (Fsp3) is 0.136. The van der Waals surface area contributed by atoms with E-state index in [0.717, 1.165) is 0 Å². The van der Waals surface area contributed by atoms with E-state index >= 15 is 0 Å². The number of esters is 1. The highest BCUT2D eigenvalue weighted by Crippen LogP contribution is 2.17. The molecule has 0 unspecified atom stereocenters. The lowest BCUT2D eigenvalue weighted by molar-refractivity contribution is 0.0600. The molecule has 0 atom stereocenters. The molecule has 0 bridgehead atoms. The molecule has 0 saturated heterocycles. The number of sulfonamides is 1. The number of carbonyl (C=O) groups is 2. The molecule has 1 aromatic heterocycles. The molecule has 0 aliphatic rings. The number of carbonyl (C=O) groups excluding carboxylic acids is 2. The minimum absolute atomic E-state index is 0.00135. The summed E-state index contributed by atoms with van der Waals surface area (Å²) in [6.07, 6.45) is 0. The van der Waals surface area contributed by atoms with Crippen LogP contribution in [-0.2, 0) is 14.8 Å². The Balaban J connectivity index is 1.61. The van der Waals surface area contributed by atoms with Gasteiger partial charge in [0, 0.05) is 22.6 Å². The maximum Gasteiger partial charge on any atom is 0.337 e. The van der Waals surface area contributed by atoms with Gasteiger partial charge in [0.2, 0.25) is 5.95 Å². The van der Waals surface area contributed by atoms with Crippen molar-refractivity contribution in [1.82, 2.24) is 15.3 Å². The van der Waals surface area contributed by atoms with Crippen LogP contribution < -0.4 is 15.4 Å². The minimum atomic E-state index is -3.90. The zero-order chi connectivity index (χ0) is 24.9. The fourth-order valence-electron chi connectivity index (χ4n) is 2.88. The lowest BCUT2D eigenvalue weighted by Gasteiger charge is -2.11. The van der Waals surface area contributed by atoms with E-state index in [-0.39, 0.29) is 21.5 Å². The smallest absolute Gasteiger partial charge is 0.337 e. The highest BCUT2D eigenvalue weighted by molar-refractivity contribution is 7.92. The lowest BCUT2D eigenvalue weighted by atomic mass is 10.1. The molecule has 3 N–H and O–H groups in total. The summed E-state index contributed by atoms with van der Waals surface area (Å²) < 4.78 is 32.2. The number of nitrogens with zero attached hydrogens (tertiary/aromatic N) is 2. The van der Waals surface area contributed by atoms with Crippen molar-refractivity contribution < 1.29 is 22.7 Å². The average Bonchev–Trinajstić information content (AvgIpc) is 2.78. The second-order valence-electron chi connectivity index (χ2n) is 7.08. The van der Waals surface area contributed by atoms with Gasteiger partial charge in [-0.15, -0.1) is 0 Å². The molecule has 176 valence electrons. The predicted octanol–water partition coefficient (Wildman–Crippen LogP) is 2.81. The van der Waals surface area contributed by atoms with Crippen LogP contribution in [0.4, 0.5) is 11.6 Å². The molecule has 3 rings (SSSR count). The van der Waals surface area contributed by atoms with E-state index in [9.17, 15) is 18.0 Å². The molecular formula is C22H21N5O5S2. The number of hydrogen-bond donors (Lipinski definition) is 3. The Hall–Kier alpha value is -3.90. The van der Waals surface area contributed by atoms with Gasteiger partial charge in [0.15, 0.2) is 5.11 Å². The van der Waals surface area contributed by atoms with Gasteiger partial charge in [-0.1, -0.05) is 0 Å². The maximum absolute atomic E-state index is 12.6. The van der Waals surface area contributed by atoms with Crippen LogP contribution in [0.3, 0.4) is 0 Å². The van der Waals surface area contributed by atoms with Gasteiger partial charge in [0.1, 0.15) is 0 Å². The Kier molecular flexibility index (Phi) is 7.54. The van der Waals surface area contributed by atoms with E-state index in [1.54, 1.807) is 19.9 Å². The van der Waals surface area contributed by atoms with Crippen molar-refractivity contribution in [3.05, 3.63) is 77.1 Å². The van der Waals surface area contributed by atoms with Gasteiger partial charge >= 0.3 is 5.97 Å². The standard InChI is InChI=1S/C22H21N5O5S2/c1-13-12-14(2)24-21(23-13)27-34(30,31)18-10-8-17(9-11-18)25-22(33)26-19(28)15-4-6-16(7-5-15)20(29)32-3/h4-12H,1-3H3,(H,23,24,27)(H2,25,26,28,33). The Morgan fingerprint density at radius 3 is 2.03 bits per heavy atom. The lowest BCUT2D eigenvalue weighted by Crippen LogP contribution is -2.34. The molecule has 0 radical (unpaired) electrons. The summed E-state index contributed by atoms with van der Waals surface area (Å²) in [6, 6.07) is 13.4. The topological polar surface area (TPSA) is 139 Å². The number of anilines is 2. The third kappa shape index (κ3) is 6.33. The van der Waals surface area contributed by atoms with Crippen molar-refractivity contribution in [2.24, 2.45) is 0 Å². The zero-order valence-electron chi connectivity index (χ0n) is 18.4. The van der Waals surface area contributed by atoms with Gasteiger partial charge in [-0.2, -0.15) is 0 Å². The van der Waals surface area contributed by atoms with Crippen LogP contribution in [0.2, 0.25) is 0 Å². The van der Waals surface area contributed by atoms with Gasteiger partial charge in [-0.05, 0) is 80.7 Å². The first-order chi connectivity index (χ1) is 16.1. The molecule has 12 heteroatoms. The van der Waals surface area contributed by atoms with Gasteiger partial charge in [0.25, 0.3) is 15.9 Å². The molecule has 1 amide bonds. The molecule has 0 fully saturated rings. The number of rotatable bonds is 6. The third-order valence-electron chi connectivity index (χ3n) is 4.43. The van der Waals surface area contributed by atoms with Crippen molar-refractivity contribution in [2.45, 2.75) is 18.7 Å². The van der Waals surface area contributed by atoms with Crippen LogP contribution in [0.1, 0.15) is 32.1 Å². The van der Waals surface area contributed by atoms with Crippen molar-refractivity contribution >= 4 is 50.9 Å². The highest BCUT2D eigenvalue weighted by atomic mass is 32.2. The monoisotopic (exact) mass is 499 g/mol. The summed E-state index contributed by atoms with van der Waals surface area (Å²) in [5, 5.41) is 5.34. The SMILES string of the molecule is COC(=O)c1ccc(C(=O)NC(=S)Nc2ccc(S(=O)(=O)Nc3nc(C)cc(C)n3)cc2)cc1. The summed E-state index contributed by atoms with van der Waals surface area (Å²) in [5.41, 5.74) is 2.35. The summed E-state index contributed by atoms with van der Waals surface area (Å²) in [7, 11) is -2.63. The quantitative estimate of drug-likeness (QED) is 0.345. The fourth-order valence-corrected chi connectivity index (χ4v) is 4.04. The number of thiocarbonyl (C=S) groups is 1. The molecule has 3 aromatic rings. The molecule has 2 aromatic carbocycles. The molecule has 0 spiro atoms. The molecule has 1 heterocycles. The van der Waals surface area contributed by atoms with E-state index < -0.39 is 21.9 Å². The molecule has 10 nitrogen and oxygen atoms in total. The van der Waals surface area contributed by atoms with E-state index in [4.69, 9.17) is 12.2 Å². The van der Waals surface area contributed by atoms with Crippen molar-refractivity contribution in [1.29, 1.82) is 0 Å². The van der Waals surface area contributed by atoms with Crippen molar-refractivity contribution in [3.8, 4) is 0 Å². The average molecular weight is 500 g/mol. The van der Waals surface area contributed by atoms with E-state index in [2.05, 4.69) is 30.1 Å². The summed E-state index contributed by atoms with van der Waals surface area (Å²) in [5.74, 6) is -1.000. The van der Waals surface area contributed by atoms with Crippen LogP contribution >= 0.6 is 12.2 Å². The Morgan fingerprint density at radius 1 is 0.912 bits per heavy atom. The van der Waals surface area contributed by atoms with Crippen molar-refractivity contribution in [2.75, 3.05) is 17.1 Å². The predicted molar refractivity (Wildman–Crippen MR) is 130 cm³/mol. The first-order valence-electron chi connectivity index (χ1n) is 9.83. The number of hydrogen-bond acceptors (Lipinski definition) is 8. The normalized spacial score (nSPS) is 10.8. The second kappa shape index (κ2) is 10.4. The summed E-state index contributed by atoms with van der Waals surface area (Å²) in [6.45, 7) is 3.48. The van der Waals surface area contributed by atoms with E-state index in [1.165, 1.54) is 55.6 Å². The first kappa shape index (κ1) is 24.7. The highest BCUT2D eigenvalue weighted by Gasteiger charge is 2.16. The zero-order valence-corrected chi connectivity index (χ0v) is 20.1. The van der Waals surface area contributed by atoms with Gasteiger partial charge in [-0.25, -0.2) is 27.9 Å². The molecule has 34 heavy (non-hydrogen) atoms. The molecule has 0 aliphatic heterocycles. The van der Waals surface area contributed by atoms with Crippen LogP contribution in [0.25, 0.3) is 0 Å². The van der Waals surface area contributed by atoms with E-state index in [1.807, 2.05) is 0 Å². The van der Waals surface area contributed by atoms with Crippen LogP contribution in [0.5, 0.6) is 0 Å². The Labute approximate surface area is 201 Å². The van der Waals surface area contributed by atoms with E-state index in [0.29, 0.717) is 22.6 Å². The number of ether oxygens (including phenoxy) is 1.